The largest absolute Gasteiger partial charge is 0.464 e. The number of para-hydroxylation sites is 1. The van der Waals surface area contributed by atoms with Gasteiger partial charge in [-0.15, -0.1) is 0 Å². The number of anilines is 1. The van der Waals surface area contributed by atoms with Crippen molar-refractivity contribution in [2.45, 2.75) is 26.5 Å². The molecule has 0 saturated carbocycles. The Labute approximate surface area is 112 Å². The molecule has 0 saturated heterocycles. The third-order valence-electron chi connectivity index (χ3n) is 3.04. The summed E-state index contributed by atoms with van der Waals surface area (Å²) in [7, 11) is 1.78. The van der Waals surface area contributed by atoms with Gasteiger partial charge in [-0.05, 0) is 32.0 Å². The minimum atomic E-state index is -0.716. The van der Waals surface area contributed by atoms with Crippen molar-refractivity contribution in [1.82, 2.24) is 0 Å². The average molecular weight is 263 g/mol. The van der Waals surface area contributed by atoms with Crippen molar-refractivity contribution in [2.75, 3.05) is 11.9 Å². The van der Waals surface area contributed by atoms with Crippen LogP contribution in [0.4, 0.5) is 10.1 Å². The number of aliphatic hydroxyl groups is 1. The van der Waals surface area contributed by atoms with Crippen LogP contribution in [-0.4, -0.2) is 12.2 Å². The SMILES string of the molecule is Cc1ccc(CN(C)c2c(F)cccc2C(C)O)o1. The van der Waals surface area contributed by atoms with E-state index in [0.29, 0.717) is 17.8 Å². The molecule has 1 unspecified atom stereocenters. The third-order valence-corrected chi connectivity index (χ3v) is 3.04. The average Bonchev–Trinajstić information content (AvgIpc) is 2.74. The summed E-state index contributed by atoms with van der Waals surface area (Å²) in [4.78, 5) is 1.75. The number of halogens is 1. The normalized spacial score (nSPS) is 12.5. The van der Waals surface area contributed by atoms with Crippen molar-refractivity contribution in [2.24, 2.45) is 0 Å². The number of hydrogen-bond acceptors (Lipinski definition) is 3. The Morgan fingerprint density at radius 2 is 2.05 bits per heavy atom. The molecule has 0 aliphatic carbocycles. The Hall–Kier alpha value is -1.81. The molecule has 0 spiro atoms. The lowest BCUT2D eigenvalue weighted by atomic mass is 10.1. The maximum atomic E-state index is 14.0. The summed E-state index contributed by atoms with van der Waals surface area (Å²) >= 11 is 0. The summed E-state index contributed by atoms with van der Waals surface area (Å²) in [6, 6.07) is 8.47. The Kier molecular flexibility index (Phi) is 3.90. The predicted octanol–water partition coefficient (Wildman–Crippen LogP) is 3.42. The van der Waals surface area contributed by atoms with Crippen molar-refractivity contribution in [1.29, 1.82) is 0 Å². The summed E-state index contributed by atoms with van der Waals surface area (Å²) in [6.45, 7) is 3.95. The topological polar surface area (TPSA) is 36.6 Å². The van der Waals surface area contributed by atoms with Gasteiger partial charge in [-0.3, -0.25) is 0 Å². The second-order valence-electron chi connectivity index (χ2n) is 4.72. The van der Waals surface area contributed by atoms with E-state index in [1.807, 2.05) is 19.1 Å². The highest BCUT2D eigenvalue weighted by molar-refractivity contribution is 5.55. The van der Waals surface area contributed by atoms with Gasteiger partial charge < -0.3 is 14.4 Å². The van der Waals surface area contributed by atoms with Gasteiger partial charge in [0.1, 0.15) is 17.3 Å². The van der Waals surface area contributed by atoms with E-state index in [-0.39, 0.29) is 5.82 Å². The van der Waals surface area contributed by atoms with Crippen LogP contribution in [-0.2, 0) is 6.54 Å². The molecule has 2 aromatic rings. The van der Waals surface area contributed by atoms with Crippen molar-refractivity contribution in [3.8, 4) is 0 Å². The van der Waals surface area contributed by atoms with Crippen LogP contribution in [0.15, 0.2) is 34.7 Å². The number of rotatable bonds is 4. The Morgan fingerprint density at radius 3 is 2.63 bits per heavy atom. The van der Waals surface area contributed by atoms with E-state index in [2.05, 4.69) is 0 Å². The molecule has 1 N–H and O–H groups in total. The summed E-state index contributed by atoms with van der Waals surface area (Å²) in [6.07, 6.45) is -0.716. The minimum absolute atomic E-state index is 0.343. The minimum Gasteiger partial charge on any atom is -0.464 e. The zero-order valence-corrected chi connectivity index (χ0v) is 11.4. The van der Waals surface area contributed by atoms with E-state index in [1.165, 1.54) is 6.07 Å². The van der Waals surface area contributed by atoms with Gasteiger partial charge >= 0.3 is 0 Å². The number of aryl methyl sites for hydroxylation is 1. The van der Waals surface area contributed by atoms with Crippen molar-refractivity contribution in [3.05, 3.63) is 53.2 Å². The fourth-order valence-corrected chi connectivity index (χ4v) is 2.15. The quantitative estimate of drug-likeness (QED) is 0.918. The molecule has 1 heterocycles. The van der Waals surface area contributed by atoms with Crippen molar-refractivity contribution >= 4 is 5.69 Å². The van der Waals surface area contributed by atoms with E-state index in [9.17, 15) is 9.50 Å². The number of aliphatic hydroxyl groups excluding tert-OH is 1. The molecule has 0 amide bonds. The van der Waals surface area contributed by atoms with E-state index in [0.717, 1.165) is 11.5 Å². The van der Waals surface area contributed by atoms with Crippen LogP contribution in [0.1, 0.15) is 30.1 Å². The molecule has 0 fully saturated rings. The molecule has 1 aromatic heterocycles. The molecule has 0 aliphatic heterocycles. The Bertz CT molecular complexity index is 563. The molecular formula is C15H18FNO2. The number of benzene rings is 1. The predicted molar refractivity (Wildman–Crippen MR) is 72.6 cm³/mol. The van der Waals surface area contributed by atoms with Gasteiger partial charge in [-0.25, -0.2) is 4.39 Å². The highest BCUT2D eigenvalue weighted by Crippen LogP contribution is 2.29. The van der Waals surface area contributed by atoms with Crippen LogP contribution in [0.5, 0.6) is 0 Å². The van der Waals surface area contributed by atoms with Gasteiger partial charge in [-0.2, -0.15) is 0 Å². The first-order chi connectivity index (χ1) is 8.99. The summed E-state index contributed by atoms with van der Waals surface area (Å²) in [5.74, 6) is 1.25. The zero-order valence-electron chi connectivity index (χ0n) is 11.4. The molecule has 2 rings (SSSR count). The first kappa shape index (κ1) is 13.6. The number of nitrogens with zero attached hydrogens (tertiary/aromatic N) is 1. The third kappa shape index (κ3) is 2.96. The van der Waals surface area contributed by atoms with Gasteiger partial charge in [0.25, 0.3) is 0 Å². The fourth-order valence-electron chi connectivity index (χ4n) is 2.15. The van der Waals surface area contributed by atoms with Crippen LogP contribution in [0, 0.1) is 12.7 Å². The molecule has 4 heteroatoms. The Morgan fingerprint density at radius 1 is 1.32 bits per heavy atom. The summed E-state index contributed by atoms with van der Waals surface area (Å²) in [5, 5.41) is 9.73. The molecular weight excluding hydrogens is 245 g/mol. The molecule has 102 valence electrons. The van der Waals surface area contributed by atoms with Crippen LogP contribution < -0.4 is 4.90 Å². The van der Waals surface area contributed by atoms with E-state index >= 15 is 0 Å². The zero-order chi connectivity index (χ0) is 14.0. The van der Waals surface area contributed by atoms with E-state index in [1.54, 1.807) is 31.0 Å². The monoisotopic (exact) mass is 263 g/mol. The molecule has 3 nitrogen and oxygen atoms in total. The maximum absolute atomic E-state index is 14.0. The lowest BCUT2D eigenvalue weighted by Crippen LogP contribution is -2.19. The van der Waals surface area contributed by atoms with Crippen LogP contribution in [0.25, 0.3) is 0 Å². The number of hydrogen-bond donors (Lipinski definition) is 1. The summed E-state index contributed by atoms with van der Waals surface area (Å²) < 4.78 is 19.5. The summed E-state index contributed by atoms with van der Waals surface area (Å²) in [5.41, 5.74) is 0.984. The molecule has 0 aliphatic rings. The van der Waals surface area contributed by atoms with Gasteiger partial charge in [0.05, 0.1) is 18.3 Å². The maximum Gasteiger partial charge on any atom is 0.146 e. The van der Waals surface area contributed by atoms with Crippen LogP contribution >= 0.6 is 0 Å². The van der Waals surface area contributed by atoms with E-state index in [4.69, 9.17) is 4.42 Å². The lowest BCUT2D eigenvalue weighted by molar-refractivity contribution is 0.199. The smallest absolute Gasteiger partial charge is 0.146 e. The van der Waals surface area contributed by atoms with Crippen molar-refractivity contribution < 1.29 is 13.9 Å². The standard InChI is InChI=1S/C15H18FNO2/c1-10-7-8-12(19-10)9-17(3)15-13(11(2)18)5-4-6-14(15)16/h4-8,11,18H,9H2,1-3H3. The second kappa shape index (κ2) is 5.45. The van der Waals surface area contributed by atoms with Gasteiger partial charge in [0, 0.05) is 12.6 Å². The van der Waals surface area contributed by atoms with Crippen molar-refractivity contribution in [3.63, 3.8) is 0 Å². The lowest BCUT2D eigenvalue weighted by Gasteiger charge is -2.23. The molecule has 0 radical (unpaired) electrons. The molecule has 19 heavy (non-hydrogen) atoms. The van der Waals surface area contributed by atoms with Gasteiger partial charge in [0.2, 0.25) is 0 Å². The first-order valence-electron chi connectivity index (χ1n) is 6.22. The Balaban J connectivity index is 2.30. The van der Waals surface area contributed by atoms with E-state index < -0.39 is 6.10 Å². The second-order valence-corrected chi connectivity index (χ2v) is 4.72. The van der Waals surface area contributed by atoms with Crippen LogP contribution in [0.3, 0.4) is 0 Å². The molecule has 1 aromatic carbocycles. The first-order valence-corrected chi connectivity index (χ1v) is 6.22. The highest BCUT2D eigenvalue weighted by Gasteiger charge is 2.17. The van der Waals surface area contributed by atoms with Crippen LogP contribution in [0.2, 0.25) is 0 Å². The fraction of sp³-hybridized carbons (Fsp3) is 0.333. The molecule has 0 bridgehead atoms. The number of furan rings is 1. The van der Waals surface area contributed by atoms with Gasteiger partial charge in [-0.1, -0.05) is 12.1 Å². The highest BCUT2D eigenvalue weighted by atomic mass is 19.1. The molecule has 1 atom stereocenters. The van der Waals surface area contributed by atoms with Gasteiger partial charge in [0.15, 0.2) is 0 Å².